The van der Waals surface area contributed by atoms with Crippen LogP contribution >= 0.6 is 0 Å². The van der Waals surface area contributed by atoms with Crippen molar-refractivity contribution in [2.45, 2.75) is 58.2 Å². The molecule has 1 fully saturated rings. The van der Waals surface area contributed by atoms with Crippen LogP contribution in [0.4, 0.5) is 0 Å². The van der Waals surface area contributed by atoms with Gasteiger partial charge >= 0.3 is 5.97 Å². The zero-order valence-corrected chi connectivity index (χ0v) is 15.6. The molecule has 0 saturated carbocycles. The molecular weight excluding hydrogens is 322 g/mol. The van der Waals surface area contributed by atoms with Gasteiger partial charge in [0.2, 0.25) is 0 Å². The summed E-state index contributed by atoms with van der Waals surface area (Å²) in [5, 5.41) is 0. The van der Waals surface area contributed by atoms with Gasteiger partial charge in [-0.15, -0.1) is 0 Å². The Labute approximate surface area is 149 Å². The molecule has 1 aromatic carbocycles. The molecule has 6 nitrogen and oxygen atoms in total. The third kappa shape index (κ3) is 4.44. The summed E-state index contributed by atoms with van der Waals surface area (Å²) >= 11 is 0. The van der Waals surface area contributed by atoms with Crippen LogP contribution in [0, 0.1) is 0 Å². The van der Waals surface area contributed by atoms with Crippen molar-refractivity contribution in [1.29, 1.82) is 0 Å². The van der Waals surface area contributed by atoms with E-state index < -0.39 is 12.1 Å². The summed E-state index contributed by atoms with van der Waals surface area (Å²) in [4.78, 5) is 27.0. The highest BCUT2D eigenvalue weighted by molar-refractivity contribution is 5.93. The van der Waals surface area contributed by atoms with Gasteiger partial charge in [-0.1, -0.05) is 0 Å². The van der Waals surface area contributed by atoms with Gasteiger partial charge in [0, 0.05) is 18.2 Å². The lowest BCUT2D eigenvalue weighted by atomic mass is 9.97. The average Bonchev–Trinajstić information content (AvgIpc) is 2.60. The summed E-state index contributed by atoms with van der Waals surface area (Å²) in [5.74, 6) is 0.255. The minimum absolute atomic E-state index is 0.150. The fraction of sp³-hybridized carbons (Fsp3) is 0.579. The molecule has 1 aliphatic rings. The first kappa shape index (κ1) is 19.1. The highest BCUT2D eigenvalue weighted by Gasteiger charge is 2.33. The van der Waals surface area contributed by atoms with Crippen molar-refractivity contribution in [3.63, 3.8) is 0 Å². The molecule has 2 rings (SSSR count). The third-order valence-electron chi connectivity index (χ3n) is 4.67. The number of rotatable bonds is 5. The van der Waals surface area contributed by atoms with Gasteiger partial charge in [-0.2, -0.15) is 0 Å². The zero-order valence-electron chi connectivity index (χ0n) is 15.6. The molecule has 0 unspecified atom stereocenters. The molecule has 138 valence electrons. The lowest BCUT2D eigenvalue weighted by Crippen LogP contribution is -2.51. The topological polar surface area (TPSA) is 65.1 Å². The second kappa shape index (κ2) is 8.23. The van der Waals surface area contributed by atoms with Crippen molar-refractivity contribution in [1.82, 2.24) is 4.90 Å². The van der Waals surface area contributed by atoms with Crippen LogP contribution in [-0.2, 0) is 9.53 Å². The normalized spacial score (nSPS) is 21.4. The molecule has 0 radical (unpaired) electrons. The lowest BCUT2D eigenvalue weighted by molar-refractivity contribution is -0.146. The van der Waals surface area contributed by atoms with Crippen LogP contribution in [0.5, 0.6) is 11.5 Å². The third-order valence-corrected chi connectivity index (χ3v) is 4.67. The maximum absolute atomic E-state index is 12.7. The van der Waals surface area contributed by atoms with Crippen molar-refractivity contribution in [3.05, 3.63) is 23.8 Å². The Bertz CT molecular complexity index is 598. The average molecular weight is 349 g/mol. The minimum atomic E-state index is -0.840. The molecule has 1 amide bonds. The molecular formula is C19H27NO5. The van der Waals surface area contributed by atoms with Crippen molar-refractivity contribution in [2.24, 2.45) is 0 Å². The SMILES string of the molecule is COc1cc(OC)cc(C(=O)O[C@H](C)C(=O)N2[C@@H](C)CCC[C@@H]2C)c1. The molecule has 0 aliphatic carbocycles. The molecule has 0 bridgehead atoms. The number of carbonyl (C=O) groups excluding carboxylic acids is 2. The maximum atomic E-state index is 12.7. The van der Waals surface area contributed by atoms with Crippen LogP contribution in [0.3, 0.4) is 0 Å². The Morgan fingerprint density at radius 2 is 1.56 bits per heavy atom. The van der Waals surface area contributed by atoms with E-state index in [0.29, 0.717) is 11.5 Å². The highest BCUT2D eigenvalue weighted by atomic mass is 16.5. The summed E-state index contributed by atoms with van der Waals surface area (Å²) < 4.78 is 15.7. The second-order valence-electron chi connectivity index (χ2n) is 6.52. The summed E-state index contributed by atoms with van der Waals surface area (Å²) in [6, 6.07) is 5.12. The van der Waals surface area contributed by atoms with Gasteiger partial charge in [0.25, 0.3) is 5.91 Å². The minimum Gasteiger partial charge on any atom is -0.497 e. The molecule has 25 heavy (non-hydrogen) atoms. The molecule has 0 aromatic heterocycles. The fourth-order valence-electron chi connectivity index (χ4n) is 3.27. The summed E-state index contributed by atoms with van der Waals surface area (Å²) in [6.45, 7) is 5.69. The van der Waals surface area contributed by atoms with E-state index in [4.69, 9.17) is 14.2 Å². The second-order valence-corrected chi connectivity index (χ2v) is 6.52. The zero-order chi connectivity index (χ0) is 18.6. The van der Waals surface area contributed by atoms with Crippen LogP contribution in [0.1, 0.15) is 50.4 Å². The largest absolute Gasteiger partial charge is 0.497 e. The van der Waals surface area contributed by atoms with E-state index in [1.54, 1.807) is 25.1 Å². The van der Waals surface area contributed by atoms with Crippen molar-refractivity contribution < 1.29 is 23.8 Å². The summed E-state index contributed by atoms with van der Waals surface area (Å²) in [5.41, 5.74) is 0.288. The van der Waals surface area contributed by atoms with Crippen molar-refractivity contribution >= 4 is 11.9 Å². The van der Waals surface area contributed by atoms with E-state index >= 15 is 0 Å². The van der Waals surface area contributed by atoms with Gasteiger partial charge in [-0.25, -0.2) is 4.79 Å². The lowest BCUT2D eigenvalue weighted by Gasteiger charge is -2.40. The number of hydrogen-bond acceptors (Lipinski definition) is 5. The number of ether oxygens (including phenoxy) is 3. The van der Waals surface area contributed by atoms with E-state index in [9.17, 15) is 9.59 Å². The number of benzene rings is 1. The molecule has 1 aliphatic heterocycles. The molecule has 1 heterocycles. The molecule has 3 atom stereocenters. The molecule has 0 N–H and O–H groups in total. The molecule has 1 saturated heterocycles. The fourth-order valence-corrected chi connectivity index (χ4v) is 3.27. The Morgan fingerprint density at radius 3 is 2.04 bits per heavy atom. The van der Waals surface area contributed by atoms with Gasteiger partial charge in [0.1, 0.15) is 11.5 Å². The maximum Gasteiger partial charge on any atom is 0.339 e. The number of likely N-dealkylation sites (tertiary alicyclic amines) is 1. The first-order valence-corrected chi connectivity index (χ1v) is 8.63. The highest BCUT2D eigenvalue weighted by Crippen LogP contribution is 2.25. The van der Waals surface area contributed by atoms with Crippen LogP contribution in [0.25, 0.3) is 0 Å². The first-order valence-electron chi connectivity index (χ1n) is 8.63. The molecule has 0 spiro atoms. The predicted octanol–water partition coefficient (Wildman–Crippen LogP) is 3.04. The van der Waals surface area contributed by atoms with Crippen LogP contribution in [0.15, 0.2) is 18.2 Å². The van der Waals surface area contributed by atoms with Crippen LogP contribution in [-0.4, -0.2) is 49.2 Å². The van der Waals surface area contributed by atoms with Gasteiger partial charge in [0.05, 0.1) is 19.8 Å². The van der Waals surface area contributed by atoms with E-state index in [0.717, 1.165) is 19.3 Å². The number of carbonyl (C=O) groups is 2. The van der Waals surface area contributed by atoms with Gasteiger partial charge in [0.15, 0.2) is 6.10 Å². The van der Waals surface area contributed by atoms with Crippen molar-refractivity contribution in [2.75, 3.05) is 14.2 Å². The summed E-state index contributed by atoms with van der Waals surface area (Å²) in [6.07, 6.45) is 2.23. The van der Waals surface area contributed by atoms with Gasteiger partial charge < -0.3 is 19.1 Å². The van der Waals surface area contributed by atoms with Crippen LogP contribution < -0.4 is 9.47 Å². The monoisotopic (exact) mass is 349 g/mol. The Morgan fingerprint density at radius 1 is 1.04 bits per heavy atom. The Balaban J connectivity index is 2.10. The smallest absolute Gasteiger partial charge is 0.339 e. The van der Waals surface area contributed by atoms with E-state index in [1.807, 2.05) is 18.7 Å². The van der Waals surface area contributed by atoms with Crippen LogP contribution in [0.2, 0.25) is 0 Å². The molecule has 6 heteroatoms. The van der Waals surface area contributed by atoms with Crippen molar-refractivity contribution in [3.8, 4) is 11.5 Å². The number of nitrogens with zero attached hydrogens (tertiary/aromatic N) is 1. The number of amides is 1. The Kier molecular flexibility index (Phi) is 6.28. The quantitative estimate of drug-likeness (QED) is 0.765. The number of hydrogen-bond donors (Lipinski definition) is 0. The number of methoxy groups -OCH3 is 2. The molecule has 1 aromatic rings. The standard InChI is InChI=1S/C19H27NO5/c1-12-7-6-8-13(2)20(12)18(21)14(3)25-19(22)15-9-16(23-4)11-17(10-15)24-5/h9-14H,6-8H2,1-5H3/t12-,13-,14+/m0/s1. The predicted molar refractivity (Wildman–Crippen MR) is 94.0 cm³/mol. The number of esters is 1. The van der Waals surface area contributed by atoms with Gasteiger partial charge in [-0.05, 0) is 52.2 Å². The summed E-state index contributed by atoms with van der Waals surface area (Å²) in [7, 11) is 3.02. The number of piperidine rings is 1. The van der Waals surface area contributed by atoms with E-state index in [1.165, 1.54) is 14.2 Å². The Hall–Kier alpha value is -2.24. The van der Waals surface area contributed by atoms with E-state index in [2.05, 4.69) is 0 Å². The van der Waals surface area contributed by atoms with E-state index in [-0.39, 0.29) is 23.6 Å². The van der Waals surface area contributed by atoms with Gasteiger partial charge in [-0.3, -0.25) is 4.79 Å². The first-order chi connectivity index (χ1) is 11.9.